The van der Waals surface area contributed by atoms with E-state index in [1.54, 1.807) is 26.2 Å². The number of anilines is 1. The highest BCUT2D eigenvalue weighted by Gasteiger charge is 2.23. The van der Waals surface area contributed by atoms with Crippen LogP contribution in [0.25, 0.3) is 16.7 Å². The van der Waals surface area contributed by atoms with E-state index in [0.717, 1.165) is 17.0 Å². The predicted molar refractivity (Wildman–Crippen MR) is 120 cm³/mol. The number of ether oxygens (including phenoxy) is 2. The maximum Gasteiger partial charge on any atom is 0.343 e. The zero-order valence-corrected chi connectivity index (χ0v) is 18.3. The average molecular weight is 448 g/mol. The van der Waals surface area contributed by atoms with Crippen LogP contribution in [0.2, 0.25) is 0 Å². The molecule has 4 aromatic rings. The molecule has 0 radical (unpaired) electrons. The van der Waals surface area contributed by atoms with Crippen molar-refractivity contribution in [3.63, 3.8) is 0 Å². The molecule has 1 N–H and O–H groups in total. The number of carbonyl (C=O) groups is 2. The number of nitrogens with zero attached hydrogens (tertiary/aromatic N) is 3. The van der Waals surface area contributed by atoms with Gasteiger partial charge in [-0.15, -0.1) is 0 Å². The van der Waals surface area contributed by atoms with E-state index < -0.39 is 17.7 Å². The number of hydrogen-bond donors (Lipinski definition) is 1. The summed E-state index contributed by atoms with van der Waals surface area (Å²) in [5.74, 6) is -0.843. The molecule has 8 nitrogen and oxygen atoms in total. The smallest absolute Gasteiger partial charge is 0.343 e. The van der Waals surface area contributed by atoms with Crippen LogP contribution in [0.5, 0.6) is 5.75 Å². The van der Waals surface area contributed by atoms with E-state index in [9.17, 15) is 14.0 Å². The number of pyridine rings is 1. The minimum atomic E-state index is -0.659. The first kappa shape index (κ1) is 21.9. The molecule has 0 fully saturated rings. The third-order valence-electron chi connectivity index (χ3n) is 5.02. The molecule has 0 atom stereocenters. The molecule has 0 spiro atoms. The summed E-state index contributed by atoms with van der Waals surface area (Å²) >= 11 is 0. The van der Waals surface area contributed by atoms with Crippen molar-refractivity contribution in [2.24, 2.45) is 0 Å². The van der Waals surface area contributed by atoms with Gasteiger partial charge >= 0.3 is 5.97 Å². The van der Waals surface area contributed by atoms with E-state index in [1.165, 1.54) is 29.1 Å². The molecular formula is C24H21FN4O4. The van der Waals surface area contributed by atoms with Crippen molar-refractivity contribution in [1.82, 2.24) is 14.8 Å². The fourth-order valence-corrected chi connectivity index (χ4v) is 3.46. The molecule has 1 amide bonds. The van der Waals surface area contributed by atoms with E-state index in [4.69, 9.17) is 9.47 Å². The van der Waals surface area contributed by atoms with Crippen LogP contribution in [0.3, 0.4) is 0 Å². The molecule has 0 saturated carbocycles. The van der Waals surface area contributed by atoms with Crippen LogP contribution in [0.1, 0.15) is 33.2 Å². The van der Waals surface area contributed by atoms with E-state index >= 15 is 0 Å². The first-order valence-electron chi connectivity index (χ1n) is 10.2. The molecule has 4 rings (SSSR count). The van der Waals surface area contributed by atoms with Gasteiger partial charge in [0.05, 0.1) is 19.9 Å². The molecule has 0 aliphatic carbocycles. The summed E-state index contributed by atoms with van der Waals surface area (Å²) in [5, 5.41) is 7.83. The zero-order valence-electron chi connectivity index (χ0n) is 18.3. The fourth-order valence-electron chi connectivity index (χ4n) is 3.46. The van der Waals surface area contributed by atoms with Gasteiger partial charge in [-0.25, -0.2) is 14.2 Å². The predicted octanol–water partition coefficient (Wildman–Crippen LogP) is 4.31. The number of amides is 1. The van der Waals surface area contributed by atoms with E-state index in [1.807, 2.05) is 19.1 Å². The second-order valence-electron chi connectivity index (χ2n) is 7.16. The Morgan fingerprint density at radius 3 is 2.67 bits per heavy atom. The highest BCUT2D eigenvalue weighted by atomic mass is 19.1. The number of esters is 1. The van der Waals surface area contributed by atoms with Crippen LogP contribution < -0.4 is 10.1 Å². The zero-order chi connectivity index (χ0) is 23.5. The Labute approximate surface area is 189 Å². The van der Waals surface area contributed by atoms with Gasteiger partial charge in [0.1, 0.15) is 22.6 Å². The number of methoxy groups -OCH3 is 1. The number of carbonyl (C=O) groups excluding carboxylic acids is 2. The number of halogens is 1. The minimum Gasteiger partial charge on any atom is -0.494 e. The first-order valence-corrected chi connectivity index (χ1v) is 10.2. The molecule has 2 aromatic carbocycles. The van der Waals surface area contributed by atoms with E-state index in [0.29, 0.717) is 17.1 Å². The monoisotopic (exact) mass is 448 g/mol. The molecule has 168 valence electrons. The van der Waals surface area contributed by atoms with Crippen LogP contribution in [-0.4, -0.2) is 40.4 Å². The first-order chi connectivity index (χ1) is 15.9. The summed E-state index contributed by atoms with van der Waals surface area (Å²) in [4.78, 5) is 30.0. The second kappa shape index (κ2) is 9.07. The lowest BCUT2D eigenvalue weighted by Gasteiger charge is -2.13. The van der Waals surface area contributed by atoms with Crippen molar-refractivity contribution in [2.75, 3.05) is 19.0 Å². The van der Waals surface area contributed by atoms with E-state index in [2.05, 4.69) is 15.4 Å². The van der Waals surface area contributed by atoms with Gasteiger partial charge in [-0.2, -0.15) is 9.78 Å². The van der Waals surface area contributed by atoms with Crippen molar-refractivity contribution in [3.05, 3.63) is 77.2 Å². The van der Waals surface area contributed by atoms with Gasteiger partial charge in [0.2, 0.25) is 0 Å². The summed E-state index contributed by atoms with van der Waals surface area (Å²) in [7, 11) is 1.55. The number of fused-ring (bicyclic) bond motifs is 1. The van der Waals surface area contributed by atoms with Crippen molar-refractivity contribution in [1.29, 1.82) is 0 Å². The molecule has 33 heavy (non-hydrogen) atoms. The Hall–Kier alpha value is -4.27. The van der Waals surface area contributed by atoms with Crippen LogP contribution in [0, 0.1) is 12.7 Å². The maximum absolute atomic E-state index is 13.6. The molecule has 0 aliphatic rings. The summed E-state index contributed by atoms with van der Waals surface area (Å²) in [6.45, 7) is 3.73. The molecule has 2 aromatic heterocycles. The van der Waals surface area contributed by atoms with Gasteiger partial charge in [-0.05, 0) is 49.7 Å². The SMILES string of the molecule is CCOC(=O)c1cnn(-c2cc(C)c3cccc(OC)c3n2)c1NC(=O)c1cccc(F)c1. The highest BCUT2D eigenvalue weighted by Crippen LogP contribution is 2.29. The Bertz CT molecular complexity index is 1370. The largest absolute Gasteiger partial charge is 0.494 e. The van der Waals surface area contributed by atoms with Crippen LogP contribution >= 0.6 is 0 Å². The number of hydrogen-bond acceptors (Lipinski definition) is 6. The number of nitrogens with one attached hydrogen (secondary N) is 1. The lowest BCUT2D eigenvalue weighted by atomic mass is 10.1. The molecule has 0 aliphatic heterocycles. The minimum absolute atomic E-state index is 0.0428. The lowest BCUT2D eigenvalue weighted by Crippen LogP contribution is -2.18. The van der Waals surface area contributed by atoms with Crippen molar-refractivity contribution < 1.29 is 23.5 Å². The molecule has 0 saturated heterocycles. The van der Waals surface area contributed by atoms with Crippen LogP contribution in [0.15, 0.2) is 54.7 Å². The third kappa shape index (κ3) is 4.25. The number of para-hydroxylation sites is 1. The van der Waals surface area contributed by atoms with Gasteiger partial charge < -0.3 is 14.8 Å². The fraction of sp³-hybridized carbons (Fsp3) is 0.167. The van der Waals surface area contributed by atoms with Gasteiger partial charge in [0.25, 0.3) is 5.91 Å². The van der Waals surface area contributed by atoms with Crippen LogP contribution in [-0.2, 0) is 4.74 Å². The standard InChI is InChI=1S/C24H21FN4O4/c1-4-33-24(31)18-13-26-29(22(18)28-23(30)15-7-5-8-16(25)12-15)20-11-14(2)17-9-6-10-19(32-3)21(17)27-20/h5-13H,4H2,1-3H3,(H,28,30). The molecule has 0 unspecified atom stereocenters. The van der Waals surface area contributed by atoms with Crippen molar-refractivity contribution in [2.45, 2.75) is 13.8 Å². The third-order valence-corrected chi connectivity index (χ3v) is 5.02. The number of aromatic nitrogens is 3. The Morgan fingerprint density at radius 2 is 1.94 bits per heavy atom. The summed E-state index contributed by atoms with van der Waals surface area (Å²) in [5.41, 5.74) is 1.62. The number of rotatable bonds is 6. The molecule has 0 bridgehead atoms. The molecular weight excluding hydrogens is 427 g/mol. The number of benzene rings is 2. The summed E-state index contributed by atoms with van der Waals surface area (Å²) in [6, 6.07) is 12.6. The lowest BCUT2D eigenvalue weighted by molar-refractivity contribution is 0.0527. The Balaban J connectivity index is 1.85. The normalized spacial score (nSPS) is 10.8. The van der Waals surface area contributed by atoms with Gasteiger partial charge in [-0.3, -0.25) is 4.79 Å². The summed E-state index contributed by atoms with van der Waals surface area (Å²) < 4.78 is 25.5. The quantitative estimate of drug-likeness (QED) is 0.442. The summed E-state index contributed by atoms with van der Waals surface area (Å²) in [6.07, 6.45) is 1.29. The molecule has 2 heterocycles. The highest BCUT2D eigenvalue weighted by molar-refractivity contribution is 6.07. The Kier molecular flexibility index (Phi) is 6.03. The average Bonchev–Trinajstić information content (AvgIpc) is 3.22. The van der Waals surface area contributed by atoms with E-state index in [-0.39, 0.29) is 23.6 Å². The Morgan fingerprint density at radius 1 is 1.15 bits per heavy atom. The second-order valence-corrected chi connectivity index (χ2v) is 7.16. The topological polar surface area (TPSA) is 95.3 Å². The number of aryl methyl sites for hydroxylation is 1. The van der Waals surface area contributed by atoms with Crippen molar-refractivity contribution in [3.8, 4) is 11.6 Å². The molecule has 9 heteroatoms. The van der Waals surface area contributed by atoms with Crippen LogP contribution in [0.4, 0.5) is 10.2 Å². The van der Waals surface area contributed by atoms with Gasteiger partial charge in [-0.1, -0.05) is 18.2 Å². The maximum atomic E-state index is 13.6. The van der Waals surface area contributed by atoms with Gasteiger partial charge in [0, 0.05) is 10.9 Å². The van der Waals surface area contributed by atoms with Crippen molar-refractivity contribution >= 4 is 28.6 Å². The van der Waals surface area contributed by atoms with Gasteiger partial charge in [0.15, 0.2) is 11.6 Å².